The fourth-order valence-electron chi connectivity index (χ4n) is 9.18. The highest BCUT2D eigenvalue weighted by atomic mass is 16.3. The molecule has 0 saturated carbocycles. The van der Waals surface area contributed by atoms with Crippen molar-refractivity contribution in [1.29, 1.82) is 0 Å². The van der Waals surface area contributed by atoms with Crippen LogP contribution in [0.1, 0.15) is 0 Å². The summed E-state index contributed by atoms with van der Waals surface area (Å²) < 4.78 is 9.32. The maximum absolute atomic E-state index is 6.94. The van der Waals surface area contributed by atoms with Crippen molar-refractivity contribution >= 4 is 93.1 Å². The number of hydrogen-bond acceptors (Lipinski definition) is 2. The summed E-state index contributed by atoms with van der Waals surface area (Å²) in [5.41, 5.74) is 10.8. The van der Waals surface area contributed by atoms with Crippen LogP contribution in [0.5, 0.6) is 0 Å². The van der Waals surface area contributed by atoms with Gasteiger partial charge in [-0.05, 0) is 98.7 Å². The molecule has 2 aromatic heterocycles. The molecule has 0 atom stereocenters. The monoisotopic (exact) mass is 726 g/mol. The number of aromatic nitrogens is 1. The molecule has 0 aliphatic carbocycles. The average Bonchev–Trinajstić information content (AvgIpc) is 3.81. The van der Waals surface area contributed by atoms with Crippen molar-refractivity contribution in [1.82, 2.24) is 4.57 Å². The van der Waals surface area contributed by atoms with Crippen molar-refractivity contribution in [3.63, 3.8) is 0 Å². The van der Waals surface area contributed by atoms with E-state index in [0.717, 1.165) is 61.0 Å². The van der Waals surface area contributed by atoms with Gasteiger partial charge in [-0.25, -0.2) is 0 Å². The van der Waals surface area contributed by atoms with Gasteiger partial charge in [0.25, 0.3) is 0 Å². The van der Waals surface area contributed by atoms with Crippen LogP contribution in [0.2, 0.25) is 0 Å². The Balaban J connectivity index is 1.16. The molecule has 266 valence electrons. The molecule has 0 aliphatic rings. The van der Waals surface area contributed by atoms with Crippen molar-refractivity contribution in [2.75, 3.05) is 4.90 Å². The molecular weight excluding hydrogens is 693 g/mol. The lowest BCUT2D eigenvalue weighted by Gasteiger charge is -2.28. The van der Waals surface area contributed by atoms with Crippen LogP contribution in [0.25, 0.3) is 92.9 Å². The first-order valence-corrected chi connectivity index (χ1v) is 19.5. The van der Waals surface area contributed by atoms with Crippen LogP contribution in [0, 0.1) is 0 Å². The Morgan fingerprint density at radius 3 is 1.84 bits per heavy atom. The SMILES string of the molecule is c1ccc(-n2c3ccccc3c3cc(N(c4ccc(-c5cccc6ccccc56)c5ccccc45)c4cccc5c4oc4cc6ccccc6cc45)ccc32)cc1. The quantitative estimate of drug-likeness (QED) is 0.176. The molecule has 2 heterocycles. The Labute approximate surface area is 328 Å². The number of furan rings is 1. The lowest BCUT2D eigenvalue weighted by Crippen LogP contribution is -2.11. The van der Waals surface area contributed by atoms with E-state index in [1.807, 2.05) is 0 Å². The summed E-state index contributed by atoms with van der Waals surface area (Å²) in [6, 6.07) is 74.5. The second-order valence-electron chi connectivity index (χ2n) is 14.9. The molecule has 0 radical (unpaired) electrons. The number of rotatable bonds is 5. The maximum atomic E-state index is 6.94. The zero-order valence-corrected chi connectivity index (χ0v) is 30.9. The fourth-order valence-corrected chi connectivity index (χ4v) is 9.18. The third-order valence-corrected chi connectivity index (χ3v) is 11.7. The predicted octanol–water partition coefficient (Wildman–Crippen LogP) is 15.3. The molecule has 3 nitrogen and oxygen atoms in total. The third-order valence-electron chi connectivity index (χ3n) is 11.7. The van der Waals surface area contributed by atoms with Gasteiger partial charge in [0.05, 0.1) is 22.4 Å². The van der Waals surface area contributed by atoms with Gasteiger partial charge in [0, 0.05) is 38.3 Å². The largest absolute Gasteiger partial charge is 0.454 e. The molecule has 0 aliphatic heterocycles. The minimum atomic E-state index is 0.858. The van der Waals surface area contributed by atoms with Crippen LogP contribution in [0.15, 0.2) is 211 Å². The van der Waals surface area contributed by atoms with Gasteiger partial charge in [0.15, 0.2) is 5.58 Å². The third kappa shape index (κ3) is 4.86. The van der Waals surface area contributed by atoms with Gasteiger partial charge >= 0.3 is 0 Å². The second-order valence-corrected chi connectivity index (χ2v) is 14.9. The van der Waals surface area contributed by atoms with E-state index in [1.54, 1.807) is 0 Å². The summed E-state index contributed by atoms with van der Waals surface area (Å²) in [6.07, 6.45) is 0. The number of hydrogen-bond donors (Lipinski definition) is 0. The first-order valence-electron chi connectivity index (χ1n) is 19.5. The van der Waals surface area contributed by atoms with Gasteiger partial charge in [0.1, 0.15) is 5.58 Å². The lowest BCUT2D eigenvalue weighted by atomic mass is 9.93. The topological polar surface area (TPSA) is 21.3 Å². The molecule has 10 aromatic carbocycles. The van der Waals surface area contributed by atoms with Crippen molar-refractivity contribution in [3.8, 4) is 16.8 Å². The molecular formula is C54H34N2O. The van der Waals surface area contributed by atoms with Crippen LogP contribution in [0.3, 0.4) is 0 Å². The van der Waals surface area contributed by atoms with E-state index in [9.17, 15) is 0 Å². The van der Waals surface area contributed by atoms with E-state index in [4.69, 9.17) is 4.42 Å². The standard InChI is InChI=1S/C54H34N2O/c1-2-18-38(19-3-1)55-49-26-11-10-23-45(49)47-34-39(28-30-51(47)55)56(52-27-13-25-46-48-32-36-15-4-5-16-37(36)33-53(48)57-54(46)52)50-31-29-43(42-21-8-9-22-44(42)50)41-24-12-17-35-14-6-7-20-40(35)41/h1-34H. The summed E-state index contributed by atoms with van der Waals surface area (Å²) >= 11 is 0. The van der Waals surface area contributed by atoms with E-state index in [1.165, 1.54) is 49.0 Å². The first kappa shape index (κ1) is 31.7. The summed E-state index contributed by atoms with van der Waals surface area (Å²) in [6.45, 7) is 0. The Kier molecular flexibility index (Phi) is 6.93. The minimum Gasteiger partial charge on any atom is -0.454 e. The van der Waals surface area contributed by atoms with E-state index in [-0.39, 0.29) is 0 Å². The van der Waals surface area contributed by atoms with Gasteiger partial charge < -0.3 is 13.9 Å². The van der Waals surface area contributed by atoms with Crippen LogP contribution in [0.4, 0.5) is 17.1 Å². The zero-order valence-electron chi connectivity index (χ0n) is 30.9. The number of fused-ring (bicyclic) bond motifs is 9. The van der Waals surface area contributed by atoms with Crippen LogP contribution < -0.4 is 4.90 Å². The maximum Gasteiger partial charge on any atom is 0.159 e. The molecule has 12 rings (SSSR count). The Morgan fingerprint density at radius 1 is 0.351 bits per heavy atom. The summed E-state index contributed by atoms with van der Waals surface area (Å²) in [4.78, 5) is 2.41. The molecule has 0 N–H and O–H groups in total. The minimum absolute atomic E-state index is 0.858. The van der Waals surface area contributed by atoms with Crippen molar-refractivity contribution in [2.45, 2.75) is 0 Å². The van der Waals surface area contributed by atoms with Crippen LogP contribution >= 0.6 is 0 Å². The van der Waals surface area contributed by atoms with Crippen molar-refractivity contribution in [3.05, 3.63) is 206 Å². The second kappa shape index (κ2) is 12.5. The van der Waals surface area contributed by atoms with E-state index >= 15 is 0 Å². The molecule has 0 fully saturated rings. The highest BCUT2D eigenvalue weighted by Gasteiger charge is 2.24. The van der Waals surface area contributed by atoms with Gasteiger partial charge in [-0.3, -0.25) is 0 Å². The molecule has 0 spiro atoms. The molecule has 12 aromatic rings. The van der Waals surface area contributed by atoms with Crippen LogP contribution in [-0.2, 0) is 0 Å². The number of nitrogens with zero attached hydrogens (tertiary/aromatic N) is 2. The predicted molar refractivity (Wildman–Crippen MR) is 241 cm³/mol. The van der Waals surface area contributed by atoms with Gasteiger partial charge in [-0.1, -0.05) is 146 Å². The van der Waals surface area contributed by atoms with E-state index in [2.05, 4.69) is 216 Å². The van der Waals surface area contributed by atoms with Crippen molar-refractivity contribution < 1.29 is 4.42 Å². The summed E-state index contributed by atoms with van der Waals surface area (Å²) in [5, 5.41) is 11.8. The smallest absolute Gasteiger partial charge is 0.159 e. The Hall–Kier alpha value is -7.62. The molecule has 0 saturated heterocycles. The normalized spacial score (nSPS) is 11.9. The first-order chi connectivity index (χ1) is 28.3. The van der Waals surface area contributed by atoms with Crippen LogP contribution in [-0.4, -0.2) is 4.57 Å². The summed E-state index contributed by atoms with van der Waals surface area (Å²) in [7, 11) is 0. The average molecular weight is 727 g/mol. The number of benzene rings is 10. The zero-order chi connectivity index (χ0) is 37.5. The molecule has 0 unspecified atom stereocenters. The molecule has 0 bridgehead atoms. The van der Waals surface area contributed by atoms with E-state index < -0.39 is 0 Å². The molecule has 57 heavy (non-hydrogen) atoms. The Morgan fingerprint density at radius 2 is 0.982 bits per heavy atom. The van der Waals surface area contributed by atoms with E-state index in [0.29, 0.717) is 0 Å². The fraction of sp³-hybridized carbons (Fsp3) is 0. The van der Waals surface area contributed by atoms with Gasteiger partial charge in [-0.2, -0.15) is 0 Å². The number of para-hydroxylation sites is 3. The number of anilines is 3. The summed E-state index contributed by atoms with van der Waals surface area (Å²) in [5.74, 6) is 0. The highest BCUT2D eigenvalue weighted by molar-refractivity contribution is 6.17. The molecule has 0 amide bonds. The highest BCUT2D eigenvalue weighted by Crippen LogP contribution is 2.48. The van der Waals surface area contributed by atoms with Gasteiger partial charge in [0.2, 0.25) is 0 Å². The van der Waals surface area contributed by atoms with Crippen molar-refractivity contribution in [2.24, 2.45) is 0 Å². The lowest BCUT2D eigenvalue weighted by molar-refractivity contribution is 0.669. The Bertz CT molecular complexity index is 3530. The molecule has 3 heteroatoms. The van der Waals surface area contributed by atoms with Gasteiger partial charge in [-0.15, -0.1) is 0 Å².